The molecule has 0 saturated heterocycles. The molecule has 0 spiro atoms. The summed E-state index contributed by atoms with van der Waals surface area (Å²) in [6, 6.07) is 6.39. The van der Waals surface area contributed by atoms with E-state index in [2.05, 4.69) is 5.32 Å². The minimum atomic E-state index is -0.817. The number of hydrogen-bond acceptors (Lipinski definition) is 7. The number of aliphatic hydroxyl groups excluding tert-OH is 1. The highest BCUT2D eigenvalue weighted by atomic mass is 32.2. The molecule has 1 unspecified atom stereocenters. The van der Waals surface area contributed by atoms with Crippen LogP contribution in [0.4, 0.5) is 13.6 Å². The summed E-state index contributed by atoms with van der Waals surface area (Å²) in [6.45, 7) is 2.57. The molecule has 10 heteroatoms. The first-order valence-corrected chi connectivity index (χ1v) is 10.2. The molecule has 0 saturated carbocycles. The van der Waals surface area contributed by atoms with Crippen molar-refractivity contribution < 1.29 is 37.7 Å². The Kier molecular flexibility index (Phi) is 8.95. The number of rotatable bonds is 8. The predicted molar refractivity (Wildman–Crippen MR) is 111 cm³/mol. The molecule has 7 nitrogen and oxygen atoms in total. The van der Waals surface area contributed by atoms with Gasteiger partial charge in [-0.1, -0.05) is 6.07 Å². The third-order valence-electron chi connectivity index (χ3n) is 3.94. The van der Waals surface area contributed by atoms with Crippen molar-refractivity contribution in [1.29, 1.82) is 0 Å². The van der Waals surface area contributed by atoms with E-state index in [0.29, 0.717) is 11.8 Å². The lowest BCUT2D eigenvalue weighted by molar-refractivity contribution is -0.119. The summed E-state index contributed by atoms with van der Waals surface area (Å²) in [7, 11) is 0. The summed E-state index contributed by atoms with van der Waals surface area (Å²) in [6.07, 6.45) is 0. The number of carbonyl (C=O) groups is 3. The molecule has 2 rings (SSSR count). The van der Waals surface area contributed by atoms with Crippen LogP contribution < -0.4 is 10.1 Å². The fourth-order valence-electron chi connectivity index (χ4n) is 2.59. The van der Waals surface area contributed by atoms with Gasteiger partial charge in [-0.2, -0.15) is 0 Å². The van der Waals surface area contributed by atoms with Crippen molar-refractivity contribution in [2.45, 2.75) is 19.9 Å². The highest BCUT2D eigenvalue weighted by Gasteiger charge is 2.20. The number of thioether (sulfide) groups is 1. The zero-order chi connectivity index (χ0) is 23.0. The summed E-state index contributed by atoms with van der Waals surface area (Å²) < 4.78 is 37.5. The highest BCUT2D eigenvalue weighted by molar-refractivity contribution is 8.13. The standard InChI is InChI=1S/C21H21F2NO6S/c1-3-29-20(27)17-8-13(16-6-5-14(22)9-18(16)23)4-7-19(17)30-21(28)31-11-15(10-25)24-12(2)26/h4-9,15,25H,3,10-11H2,1-2H3,(H,24,26). The molecule has 0 aliphatic carbocycles. The molecule has 0 bridgehead atoms. The summed E-state index contributed by atoms with van der Waals surface area (Å²) >= 11 is 0.695. The molecule has 31 heavy (non-hydrogen) atoms. The second-order valence-electron chi connectivity index (χ2n) is 6.30. The Bertz CT molecular complexity index is 969. The molecular weight excluding hydrogens is 432 g/mol. The molecule has 0 radical (unpaired) electrons. The van der Waals surface area contributed by atoms with Gasteiger partial charge in [0.2, 0.25) is 5.91 Å². The van der Waals surface area contributed by atoms with Crippen LogP contribution in [-0.2, 0) is 9.53 Å². The second kappa shape index (κ2) is 11.4. The zero-order valence-electron chi connectivity index (χ0n) is 16.8. The van der Waals surface area contributed by atoms with E-state index in [1.165, 1.54) is 31.2 Å². The van der Waals surface area contributed by atoms with E-state index in [4.69, 9.17) is 9.47 Å². The van der Waals surface area contributed by atoms with Crippen molar-refractivity contribution in [3.8, 4) is 16.9 Å². The number of nitrogens with one attached hydrogen (secondary N) is 1. The lowest BCUT2D eigenvalue weighted by atomic mass is 10.0. The molecule has 0 aromatic heterocycles. The fourth-order valence-corrected chi connectivity index (χ4v) is 3.27. The van der Waals surface area contributed by atoms with Crippen LogP contribution in [0.15, 0.2) is 36.4 Å². The minimum absolute atomic E-state index is 0.0442. The number of halogens is 2. The predicted octanol–water partition coefficient (Wildman–Crippen LogP) is 3.54. The van der Waals surface area contributed by atoms with Gasteiger partial charge in [-0.3, -0.25) is 4.79 Å². The van der Waals surface area contributed by atoms with Gasteiger partial charge >= 0.3 is 11.3 Å². The van der Waals surface area contributed by atoms with Crippen molar-refractivity contribution in [2.75, 3.05) is 19.0 Å². The summed E-state index contributed by atoms with van der Waals surface area (Å²) in [5.41, 5.74) is 0.205. The van der Waals surface area contributed by atoms with Crippen LogP contribution in [0.25, 0.3) is 11.1 Å². The van der Waals surface area contributed by atoms with Crippen LogP contribution in [0.1, 0.15) is 24.2 Å². The molecule has 2 N–H and O–H groups in total. The van der Waals surface area contributed by atoms with Gasteiger partial charge in [0.1, 0.15) is 22.9 Å². The average Bonchev–Trinajstić information content (AvgIpc) is 2.71. The van der Waals surface area contributed by atoms with Crippen molar-refractivity contribution in [3.63, 3.8) is 0 Å². The van der Waals surface area contributed by atoms with Gasteiger partial charge < -0.3 is 19.9 Å². The van der Waals surface area contributed by atoms with E-state index in [1.807, 2.05) is 0 Å². The molecule has 1 atom stereocenters. The molecule has 2 aromatic rings. The van der Waals surface area contributed by atoms with Gasteiger partial charge in [-0.15, -0.1) is 0 Å². The number of esters is 1. The maximum absolute atomic E-state index is 14.1. The van der Waals surface area contributed by atoms with E-state index < -0.39 is 28.9 Å². The first-order valence-electron chi connectivity index (χ1n) is 9.24. The lowest BCUT2D eigenvalue weighted by Crippen LogP contribution is -2.38. The SMILES string of the molecule is CCOC(=O)c1cc(-c2ccc(F)cc2F)ccc1OC(=O)SCC(CO)NC(C)=O. The second-order valence-corrected chi connectivity index (χ2v) is 7.25. The summed E-state index contributed by atoms with van der Waals surface area (Å²) in [5, 5.41) is 10.9. The fraction of sp³-hybridized carbons (Fsp3) is 0.286. The van der Waals surface area contributed by atoms with Gasteiger partial charge in [0.15, 0.2) is 0 Å². The minimum Gasteiger partial charge on any atom is -0.462 e. The maximum Gasteiger partial charge on any atom is 0.372 e. The van der Waals surface area contributed by atoms with Crippen LogP contribution in [-0.4, -0.2) is 47.3 Å². The molecule has 166 valence electrons. The Morgan fingerprint density at radius 1 is 1.16 bits per heavy atom. The van der Waals surface area contributed by atoms with E-state index in [1.54, 1.807) is 6.92 Å². The topological polar surface area (TPSA) is 102 Å². The van der Waals surface area contributed by atoms with Crippen LogP contribution in [0, 0.1) is 11.6 Å². The van der Waals surface area contributed by atoms with Crippen molar-refractivity contribution in [1.82, 2.24) is 5.32 Å². The monoisotopic (exact) mass is 453 g/mol. The zero-order valence-corrected chi connectivity index (χ0v) is 17.6. The largest absolute Gasteiger partial charge is 0.462 e. The summed E-state index contributed by atoms with van der Waals surface area (Å²) in [4.78, 5) is 35.6. The van der Waals surface area contributed by atoms with Gasteiger partial charge in [0, 0.05) is 24.3 Å². The Morgan fingerprint density at radius 2 is 1.90 bits per heavy atom. The van der Waals surface area contributed by atoms with Gasteiger partial charge in [0.25, 0.3) is 0 Å². The Labute approximate surface area is 181 Å². The van der Waals surface area contributed by atoms with Gasteiger partial charge in [-0.25, -0.2) is 18.4 Å². The third-order valence-corrected chi connectivity index (χ3v) is 4.83. The van der Waals surface area contributed by atoms with Crippen molar-refractivity contribution in [3.05, 3.63) is 53.6 Å². The molecule has 0 fully saturated rings. The van der Waals surface area contributed by atoms with Crippen LogP contribution in [0.2, 0.25) is 0 Å². The third kappa shape index (κ3) is 7.04. The molecule has 0 heterocycles. The number of benzene rings is 2. The number of aliphatic hydroxyl groups is 1. The van der Waals surface area contributed by atoms with E-state index in [-0.39, 0.29) is 47.3 Å². The molecule has 0 aliphatic rings. The molecule has 0 aliphatic heterocycles. The number of carbonyl (C=O) groups excluding carboxylic acids is 3. The Balaban J connectivity index is 2.24. The Morgan fingerprint density at radius 3 is 2.52 bits per heavy atom. The van der Waals surface area contributed by atoms with E-state index in [9.17, 15) is 28.3 Å². The Hall–Kier alpha value is -2.98. The summed E-state index contributed by atoms with van der Waals surface area (Å²) in [5.74, 6) is -2.77. The van der Waals surface area contributed by atoms with Crippen molar-refractivity contribution in [2.24, 2.45) is 0 Å². The normalized spacial score (nSPS) is 11.5. The average molecular weight is 453 g/mol. The van der Waals surface area contributed by atoms with Gasteiger partial charge in [0.05, 0.1) is 19.3 Å². The van der Waals surface area contributed by atoms with E-state index >= 15 is 0 Å². The van der Waals surface area contributed by atoms with Crippen LogP contribution in [0.5, 0.6) is 5.75 Å². The smallest absolute Gasteiger partial charge is 0.372 e. The van der Waals surface area contributed by atoms with Crippen molar-refractivity contribution >= 4 is 28.9 Å². The molecule has 2 aromatic carbocycles. The van der Waals surface area contributed by atoms with Gasteiger partial charge in [-0.05, 0) is 48.5 Å². The van der Waals surface area contributed by atoms with Crippen LogP contribution >= 0.6 is 11.8 Å². The first kappa shape index (κ1) is 24.3. The maximum atomic E-state index is 14.1. The molecular formula is C21H21F2NO6S. The first-order chi connectivity index (χ1) is 14.7. The number of hydrogen-bond donors (Lipinski definition) is 2. The lowest BCUT2D eigenvalue weighted by Gasteiger charge is -2.15. The van der Waals surface area contributed by atoms with Crippen LogP contribution in [0.3, 0.4) is 0 Å². The number of amides is 1. The number of ether oxygens (including phenoxy) is 2. The quantitative estimate of drug-likeness (QED) is 0.590. The van der Waals surface area contributed by atoms with E-state index in [0.717, 1.165) is 12.1 Å². The molecule has 1 amide bonds. The highest BCUT2D eigenvalue weighted by Crippen LogP contribution is 2.30.